The van der Waals surface area contributed by atoms with Gasteiger partial charge in [0.1, 0.15) is 0 Å². The van der Waals surface area contributed by atoms with Crippen molar-refractivity contribution < 1.29 is 4.74 Å². The Morgan fingerprint density at radius 2 is 2.56 bits per heavy atom. The molecule has 0 aliphatic carbocycles. The van der Waals surface area contributed by atoms with E-state index in [1.165, 1.54) is 10.9 Å². The maximum absolute atomic E-state index is 11.4. The van der Waals surface area contributed by atoms with Gasteiger partial charge in [0.2, 0.25) is 0 Å². The monoisotopic (exact) mass is 223 g/mol. The Kier molecular flexibility index (Phi) is 3.56. The number of ether oxygens (including phenoxy) is 1. The molecule has 0 radical (unpaired) electrons. The van der Waals surface area contributed by atoms with Crippen LogP contribution in [-0.4, -0.2) is 29.1 Å². The summed E-state index contributed by atoms with van der Waals surface area (Å²) in [5.41, 5.74) is 2.96. The Hall–Kier alpha value is -1.36. The molecule has 2 heterocycles. The van der Waals surface area contributed by atoms with Gasteiger partial charge in [-0.2, -0.15) is 5.10 Å². The third-order valence-corrected chi connectivity index (χ3v) is 2.94. The summed E-state index contributed by atoms with van der Waals surface area (Å²) >= 11 is 0. The summed E-state index contributed by atoms with van der Waals surface area (Å²) in [6, 6.07) is 3.31. The van der Waals surface area contributed by atoms with E-state index < -0.39 is 0 Å². The first-order valence-corrected chi connectivity index (χ1v) is 5.66. The summed E-state index contributed by atoms with van der Waals surface area (Å²) < 4.78 is 5.42. The van der Waals surface area contributed by atoms with Gasteiger partial charge in [0.15, 0.2) is 0 Å². The van der Waals surface area contributed by atoms with Crippen molar-refractivity contribution in [3.63, 3.8) is 0 Å². The summed E-state index contributed by atoms with van der Waals surface area (Å²) in [7, 11) is 0. The van der Waals surface area contributed by atoms with Crippen LogP contribution in [-0.2, 0) is 4.74 Å². The Bertz CT molecular complexity index is 385. The molecular formula is C11H17N3O2. The zero-order chi connectivity index (χ0) is 11.4. The predicted octanol–water partition coefficient (Wildman–Crippen LogP) is 0.602. The van der Waals surface area contributed by atoms with E-state index in [1.807, 2.05) is 0 Å². The molecule has 2 rings (SSSR count). The van der Waals surface area contributed by atoms with Crippen molar-refractivity contribution in [3.8, 4) is 0 Å². The highest BCUT2D eigenvalue weighted by atomic mass is 16.5. The van der Waals surface area contributed by atoms with Crippen molar-refractivity contribution in [2.24, 2.45) is 5.92 Å². The van der Waals surface area contributed by atoms with Gasteiger partial charge in [0.05, 0.1) is 6.61 Å². The lowest BCUT2D eigenvalue weighted by Crippen LogP contribution is -2.41. The average molecular weight is 223 g/mol. The predicted molar refractivity (Wildman–Crippen MR) is 60.9 cm³/mol. The highest BCUT2D eigenvalue weighted by Crippen LogP contribution is 2.17. The highest BCUT2D eigenvalue weighted by Gasteiger charge is 2.20. The Morgan fingerprint density at radius 3 is 3.25 bits per heavy atom. The van der Waals surface area contributed by atoms with E-state index >= 15 is 0 Å². The van der Waals surface area contributed by atoms with E-state index in [0.717, 1.165) is 26.1 Å². The molecular weight excluding hydrogens is 206 g/mol. The van der Waals surface area contributed by atoms with Gasteiger partial charge in [0.25, 0.3) is 5.56 Å². The molecule has 0 spiro atoms. The van der Waals surface area contributed by atoms with Gasteiger partial charge < -0.3 is 10.2 Å². The summed E-state index contributed by atoms with van der Waals surface area (Å²) in [5, 5.41) is 3.97. The first-order valence-electron chi connectivity index (χ1n) is 5.66. The molecule has 88 valence electrons. The van der Waals surface area contributed by atoms with Crippen LogP contribution in [0.25, 0.3) is 0 Å². The van der Waals surface area contributed by atoms with E-state index in [0.29, 0.717) is 5.92 Å². The van der Waals surface area contributed by atoms with Gasteiger partial charge in [-0.25, -0.2) is 0 Å². The van der Waals surface area contributed by atoms with Crippen LogP contribution in [0.15, 0.2) is 23.1 Å². The molecule has 1 aromatic rings. The maximum Gasteiger partial charge on any atom is 0.285 e. The van der Waals surface area contributed by atoms with Gasteiger partial charge >= 0.3 is 0 Å². The van der Waals surface area contributed by atoms with Gasteiger partial charge in [0, 0.05) is 30.8 Å². The number of rotatable bonds is 3. The molecule has 1 aliphatic heterocycles. The van der Waals surface area contributed by atoms with Crippen molar-refractivity contribution in [1.29, 1.82) is 0 Å². The molecule has 16 heavy (non-hydrogen) atoms. The standard InChI is InChI=1S/C11H17N3O2/c1-9(10-4-3-7-16-8-10)13-14-11(15)5-2-6-12-14/h2,5-6,9-10,13H,3-4,7-8H2,1H3. The van der Waals surface area contributed by atoms with Crippen LogP contribution in [0, 0.1) is 5.92 Å². The average Bonchev–Trinajstić information content (AvgIpc) is 2.33. The summed E-state index contributed by atoms with van der Waals surface area (Å²) in [6.45, 7) is 3.67. The Morgan fingerprint density at radius 1 is 1.69 bits per heavy atom. The van der Waals surface area contributed by atoms with Crippen LogP contribution < -0.4 is 11.0 Å². The fraction of sp³-hybridized carbons (Fsp3) is 0.636. The molecule has 5 nitrogen and oxygen atoms in total. The first-order chi connectivity index (χ1) is 7.77. The quantitative estimate of drug-likeness (QED) is 0.815. The normalized spacial score (nSPS) is 22.7. The summed E-state index contributed by atoms with van der Waals surface area (Å²) in [5.74, 6) is 0.447. The first kappa shape index (κ1) is 11.1. The second-order valence-electron chi connectivity index (χ2n) is 4.17. The number of aromatic nitrogens is 2. The third-order valence-electron chi connectivity index (χ3n) is 2.94. The molecule has 1 aromatic heterocycles. The zero-order valence-electron chi connectivity index (χ0n) is 9.43. The molecule has 1 aliphatic rings. The Balaban J connectivity index is 1.98. The van der Waals surface area contributed by atoms with Gasteiger partial charge in [-0.15, -0.1) is 4.79 Å². The van der Waals surface area contributed by atoms with Crippen LogP contribution in [0.3, 0.4) is 0 Å². The maximum atomic E-state index is 11.4. The second kappa shape index (κ2) is 5.12. The van der Waals surface area contributed by atoms with Crippen LogP contribution >= 0.6 is 0 Å². The van der Waals surface area contributed by atoms with E-state index in [-0.39, 0.29) is 11.6 Å². The van der Waals surface area contributed by atoms with E-state index in [2.05, 4.69) is 17.4 Å². The molecule has 1 saturated heterocycles. The summed E-state index contributed by atoms with van der Waals surface area (Å²) in [4.78, 5) is 12.7. The molecule has 0 aromatic carbocycles. The second-order valence-corrected chi connectivity index (χ2v) is 4.17. The summed E-state index contributed by atoms with van der Waals surface area (Å²) in [6.07, 6.45) is 3.82. The number of nitrogens with one attached hydrogen (secondary N) is 1. The third kappa shape index (κ3) is 2.61. The molecule has 5 heteroatoms. The van der Waals surface area contributed by atoms with Crippen LogP contribution in [0.4, 0.5) is 0 Å². The van der Waals surface area contributed by atoms with Crippen LogP contribution in [0.5, 0.6) is 0 Å². The van der Waals surface area contributed by atoms with E-state index in [4.69, 9.17) is 4.74 Å². The van der Waals surface area contributed by atoms with Gasteiger partial charge in [-0.05, 0) is 25.8 Å². The van der Waals surface area contributed by atoms with Crippen LogP contribution in [0.2, 0.25) is 0 Å². The van der Waals surface area contributed by atoms with Crippen molar-refractivity contribution in [3.05, 3.63) is 28.7 Å². The van der Waals surface area contributed by atoms with Gasteiger partial charge in [-0.3, -0.25) is 4.79 Å². The Labute approximate surface area is 94.4 Å². The molecule has 2 unspecified atom stereocenters. The SMILES string of the molecule is CC(Nn1ncccc1=O)C1CCCOC1. The minimum Gasteiger partial charge on any atom is -0.381 e. The zero-order valence-corrected chi connectivity index (χ0v) is 9.43. The van der Waals surface area contributed by atoms with E-state index in [9.17, 15) is 4.79 Å². The molecule has 2 atom stereocenters. The molecule has 1 N–H and O–H groups in total. The minimum atomic E-state index is -0.133. The van der Waals surface area contributed by atoms with Gasteiger partial charge in [-0.1, -0.05) is 0 Å². The van der Waals surface area contributed by atoms with Crippen molar-refractivity contribution in [2.75, 3.05) is 18.6 Å². The topological polar surface area (TPSA) is 56.2 Å². The molecule has 0 amide bonds. The lowest BCUT2D eigenvalue weighted by molar-refractivity contribution is 0.0478. The molecule has 0 bridgehead atoms. The fourth-order valence-electron chi connectivity index (χ4n) is 1.91. The van der Waals surface area contributed by atoms with Crippen molar-refractivity contribution in [2.45, 2.75) is 25.8 Å². The molecule has 0 saturated carbocycles. The van der Waals surface area contributed by atoms with Crippen molar-refractivity contribution >= 4 is 0 Å². The number of hydrogen-bond acceptors (Lipinski definition) is 4. The minimum absolute atomic E-state index is 0.133. The fourth-order valence-corrected chi connectivity index (χ4v) is 1.91. The highest BCUT2D eigenvalue weighted by molar-refractivity contribution is 4.90. The smallest absolute Gasteiger partial charge is 0.285 e. The van der Waals surface area contributed by atoms with E-state index in [1.54, 1.807) is 12.3 Å². The lowest BCUT2D eigenvalue weighted by Gasteiger charge is -2.28. The van der Waals surface area contributed by atoms with Crippen molar-refractivity contribution in [1.82, 2.24) is 9.89 Å². The number of hydrogen-bond donors (Lipinski definition) is 1. The number of nitrogens with zero attached hydrogens (tertiary/aromatic N) is 2. The van der Waals surface area contributed by atoms with Crippen LogP contribution in [0.1, 0.15) is 19.8 Å². The molecule has 1 fully saturated rings. The lowest BCUT2D eigenvalue weighted by atomic mass is 9.95. The largest absolute Gasteiger partial charge is 0.381 e.